The molecule has 0 bridgehead atoms. The Labute approximate surface area is 101 Å². The maximum atomic E-state index is 11.4. The lowest BCUT2D eigenvalue weighted by Gasteiger charge is -2.13. The van der Waals surface area contributed by atoms with Crippen LogP contribution in [0.15, 0.2) is 6.07 Å². The third-order valence-electron chi connectivity index (χ3n) is 2.36. The van der Waals surface area contributed by atoms with E-state index in [1.165, 1.54) is 4.90 Å². The van der Waals surface area contributed by atoms with Gasteiger partial charge in [-0.25, -0.2) is 4.98 Å². The van der Waals surface area contributed by atoms with Gasteiger partial charge in [0, 0.05) is 19.8 Å². The van der Waals surface area contributed by atoms with Crippen LogP contribution >= 0.6 is 0 Å². The van der Waals surface area contributed by atoms with Crippen molar-refractivity contribution in [1.82, 2.24) is 9.88 Å². The van der Waals surface area contributed by atoms with Gasteiger partial charge in [-0.3, -0.25) is 4.79 Å². The van der Waals surface area contributed by atoms with Crippen LogP contribution in [-0.2, 0) is 4.79 Å². The Balaban J connectivity index is 2.91. The molecule has 17 heavy (non-hydrogen) atoms. The summed E-state index contributed by atoms with van der Waals surface area (Å²) in [5.41, 5.74) is 2.17. The summed E-state index contributed by atoms with van der Waals surface area (Å²) in [5, 5.41) is 11.9. The van der Waals surface area contributed by atoms with Crippen LogP contribution in [0.1, 0.15) is 16.8 Å². The molecule has 5 nitrogen and oxygen atoms in total. The van der Waals surface area contributed by atoms with Crippen LogP contribution in [0.3, 0.4) is 0 Å². The predicted octanol–water partition coefficient (Wildman–Crippen LogP) is 1.07. The van der Waals surface area contributed by atoms with E-state index in [-0.39, 0.29) is 12.5 Å². The zero-order valence-corrected chi connectivity index (χ0v) is 10.5. The van der Waals surface area contributed by atoms with Gasteiger partial charge < -0.3 is 10.2 Å². The molecule has 0 unspecified atom stereocenters. The predicted molar refractivity (Wildman–Crippen MR) is 65.6 cm³/mol. The van der Waals surface area contributed by atoms with E-state index < -0.39 is 0 Å². The van der Waals surface area contributed by atoms with Crippen LogP contribution in [0.5, 0.6) is 0 Å². The normalized spacial score (nSPS) is 9.59. The average Bonchev–Trinajstić information content (AvgIpc) is 2.24. The largest absolute Gasteiger partial charge is 0.360 e. The minimum Gasteiger partial charge on any atom is -0.360 e. The standard InChI is InChI=1S/C12H16N4O/c1-8-5-9(2)15-12(10(8)6-13)14-7-11(17)16(3)4/h5H,7H2,1-4H3,(H,14,15). The van der Waals surface area contributed by atoms with E-state index in [1.807, 2.05) is 19.9 Å². The van der Waals surface area contributed by atoms with Crippen molar-refractivity contribution in [1.29, 1.82) is 5.26 Å². The molecule has 90 valence electrons. The van der Waals surface area contributed by atoms with E-state index >= 15 is 0 Å². The number of nitrogens with one attached hydrogen (secondary N) is 1. The van der Waals surface area contributed by atoms with Crippen molar-refractivity contribution in [3.63, 3.8) is 0 Å². The summed E-state index contributed by atoms with van der Waals surface area (Å²) in [7, 11) is 3.37. The number of likely N-dealkylation sites (N-methyl/N-ethyl adjacent to an activating group) is 1. The monoisotopic (exact) mass is 232 g/mol. The molecule has 0 fully saturated rings. The van der Waals surface area contributed by atoms with E-state index in [0.717, 1.165) is 11.3 Å². The Morgan fingerprint density at radius 2 is 2.18 bits per heavy atom. The van der Waals surface area contributed by atoms with E-state index in [9.17, 15) is 4.79 Å². The van der Waals surface area contributed by atoms with E-state index in [4.69, 9.17) is 5.26 Å². The second-order valence-electron chi connectivity index (χ2n) is 4.06. The first kappa shape index (κ1) is 13.0. The Hall–Kier alpha value is -2.09. The fourth-order valence-electron chi connectivity index (χ4n) is 1.42. The van der Waals surface area contributed by atoms with Gasteiger partial charge in [0.25, 0.3) is 0 Å². The molecule has 0 saturated carbocycles. The van der Waals surface area contributed by atoms with Crippen LogP contribution in [0.4, 0.5) is 5.82 Å². The molecule has 0 aliphatic heterocycles. The van der Waals surface area contributed by atoms with Gasteiger partial charge in [0.1, 0.15) is 11.9 Å². The number of carbonyl (C=O) groups is 1. The van der Waals surface area contributed by atoms with Gasteiger partial charge in [0.2, 0.25) is 5.91 Å². The van der Waals surface area contributed by atoms with Crippen molar-refractivity contribution in [2.24, 2.45) is 0 Å². The highest BCUT2D eigenvalue weighted by Crippen LogP contribution is 2.17. The zero-order chi connectivity index (χ0) is 13.0. The Morgan fingerprint density at radius 3 is 2.71 bits per heavy atom. The van der Waals surface area contributed by atoms with Crippen molar-refractivity contribution in [2.45, 2.75) is 13.8 Å². The van der Waals surface area contributed by atoms with Crippen molar-refractivity contribution in [3.05, 3.63) is 22.9 Å². The molecule has 0 saturated heterocycles. The van der Waals surface area contributed by atoms with Gasteiger partial charge in [-0.1, -0.05) is 0 Å². The van der Waals surface area contributed by atoms with Gasteiger partial charge >= 0.3 is 0 Å². The molecule has 1 rings (SSSR count). The number of aryl methyl sites for hydroxylation is 2. The zero-order valence-electron chi connectivity index (χ0n) is 10.5. The Kier molecular flexibility index (Phi) is 4.05. The van der Waals surface area contributed by atoms with Crippen molar-refractivity contribution in [3.8, 4) is 6.07 Å². The van der Waals surface area contributed by atoms with Gasteiger partial charge in [0.05, 0.1) is 12.1 Å². The minimum atomic E-state index is -0.0603. The fraction of sp³-hybridized carbons (Fsp3) is 0.417. The molecule has 0 aromatic carbocycles. The fourth-order valence-corrected chi connectivity index (χ4v) is 1.42. The number of hydrogen-bond donors (Lipinski definition) is 1. The summed E-state index contributed by atoms with van der Waals surface area (Å²) >= 11 is 0. The summed E-state index contributed by atoms with van der Waals surface area (Å²) in [4.78, 5) is 17.2. The molecule has 5 heteroatoms. The number of anilines is 1. The van der Waals surface area contributed by atoms with Gasteiger partial charge in [-0.05, 0) is 25.5 Å². The molecule has 1 heterocycles. The first-order chi connectivity index (χ1) is 7.95. The lowest BCUT2D eigenvalue weighted by molar-refractivity contribution is -0.126. The number of nitriles is 1. The van der Waals surface area contributed by atoms with Crippen LogP contribution in [0.2, 0.25) is 0 Å². The number of rotatable bonds is 3. The third-order valence-corrected chi connectivity index (χ3v) is 2.36. The number of hydrogen-bond acceptors (Lipinski definition) is 4. The molecule has 0 aliphatic carbocycles. The van der Waals surface area contributed by atoms with Gasteiger partial charge in [0.15, 0.2) is 0 Å². The molecule has 1 N–H and O–H groups in total. The minimum absolute atomic E-state index is 0.0603. The van der Waals surface area contributed by atoms with Crippen molar-refractivity contribution in [2.75, 3.05) is 26.0 Å². The Morgan fingerprint density at radius 1 is 1.53 bits per heavy atom. The van der Waals surface area contributed by atoms with Crippen LogP contribution < -0.4 is 5.32 Å². The summed E-state index contributed by atoms with van der Waals surface area (Å²) in [5.74, 6) is 0.412. The first-order valence-corrected chi connectivity index (χ1v) is 5.28. The van der Waals surface area contributed by atoms with Gasteiger partial charge in [-0.15, -0.1) is 0 Å². The molecule has 0 aliphatic rings. The lowest BCUT2D eigenvalue weighted by Crippen LogP contribution is -2.29. The molecule has 1 aromatic heterocycles. The maximum Gasteiger partial charge on any atom is 0.241 e. The van der Waals surface area contributed by atoms with Crippen LogP contribution in [-0.4, -0.2) is 36.4 Å². The first-order valence-electron chi connectivity index (χ1n) is 5.28. The second kappa shape index (κ2) is 5.30. The topological polar surface area (TPSA) is 69.0 Å². The number of pyridine rings is 1. The van der Waals surface area contributed by atoms with Crippen LogP contribution in [0.25, 0.3) is 0 Å². The van der Waals surface area contributed by atoms with Crippen molar-refractivity contribution < 1.29 is 4.79 Å². The molecule has 1 amide bonds. The number of carbonyl (C=O) groups excluding carboxylic acids is 1. The quantitative estimate of drug-likeness (QED) is 0.846. The molecule has 0 radical (unpaired) electrons. The number of nitrogens with zero attached hydrogens (tertiary/aromatic N) is 3. The highest BCUT2D eigenvalue weighted by atomic mass is 16.2. The second-order valence-corrected chi connectivity index (χ2v) is 4.06. The molecule has 0 atom stereocenters. The number of amides is 1. The number of aromatic nitrogens is 1. The summed E-state index contributed by atoms with van der Waals surface area (Å²) in [6, 6.07) is 3.94. The third kappa shape index (κ3) is 3.18. The van der Waals surface area contributed by atoms with E-state index in [1.54, 1.807) is 14.1 Å². The van der Waals surface area contributed by atoms with E-state index in [0.29, 0.717) is 11.4 Å². The summed E-state index contributed by atoms with van der Waals surface area (Å²) in [6.07, 6.45) is 0. The smallest absolute Gasteiger partial charge is 0.241 e. The molecular weight excluding hydrogens is 216 g/mol. The SMILES string of the molecule is Cc1cc(C)c(C#N)c(NCC(=O)N(C)C)n1. The van der Waals surface area contributed by atoms with Crippen LogP contribution in [0, 0.1) is 25.2 Å². The molecule has 0 spiro atoms. The highest BCUT2D eigenvalue weighted by molar-refractivity contribution is 5.80. The summed E-state index contributed by atoms with van der Waals surface area (Å²) in [6.45, 7) is 3.84. The Bertz CT molecular complexity index is 474. The van der Waals surface area contributed by atoms with Gasteiger partial charge in [-0.2, -0.15) is 5.26 Å². The summed E-state index contributed by atoms with van der Waals surface area (Å²) < 4.78 is 0. The molecular formula is C12H16N4O. The van der Waals surface area contributed by atoms with E-state index in [2.05, 4.69) is 16.4 Å². The lowest BCUT2D eigenvalue weighted by atomic mass is 10.1. The molecule has 1 aromatic rings. The van der Waals surface area contributed by atoms with Crippen molar-refractivity contribution >= 4 is 11.7 Å². The highest BCUT2D eigenvalue weighted by Gasteiger charge is 2.10. The maximum absolute atomic E-state index is 11.4. The average molecular weight is 232 g/mol.